The predicted molar refractivity (Wildman–Crippen MR) is 64.4 cm³/mol. The molecule has 19 heavy (non-hydrogen) atoms. The van der Waals surface area contributed by atoms with Crippen molar-refractivity contribution in [3.05, 3.63) is 35.1 Å². The van der Waals surface area contributed by atoms with E-state index in [4.69, 9.17) is 0 Å². The van der Waals surface area contributed by atoms with Crippen LogP contribution in [0.1, 0.15) is 43.2 Å². The van der Waals surface area contributed by atoms with Gasteiger partial charge in [0.25, 0.3) is 6.43 Å². The van der Waals surface area contributed by atoms with E-state index in [0.717, 1.165) is 25.0 Å². The Kier molecular flexibility index (Phi) is 3.06. The van der Waals surface area contributed by atoms with Crippen LogP contribution in [0, 0.1) is 5.82 Å². The molecule has 0 saturated carbocycles. The molecular weight excluding hydrogens is 255 g/mol. The average molecular weight is 271 g/mol. The number of halogens is 3. The van der Waals surface area contributed by atoms with Gasteiger partial charge in [-0.1, -0.05) is 12.1 Å². The van der Waals surface area contributed by atoms with E-state index in [9.17, 15) is 18.3 Å². The van der Waals surface area contributed by atoms with Crippen molar-refractivity contribution < 1.29 is 18.3 Å². The first-order valence-electron chi connectivity index (χ1n) is 6.54. The summed E-state index contributed by atoms with van der Waals surface area (Å²) in [6.45, 7) is 0. The normalized spacial score (nSPS) is 33.9. The third-order valence-electron chi connectivity index (χ3n) is 4.28. The Bertz CT molecular complexity index is 480. The maximum atomic E-state index is 13.6. The van der Waals surface area contributed by atoms with E-state index in [1.807, 2.05) is 0 Å². The Morgan fingerprint density at radius 2 is 1.84 bits per heavy atom. The van der Waals surface area contributed by atoms with Crippen LogP contribution in [0.5, 0.6) is 0 Å². The van der Waals surface area contributed by atoms with Crippen LogP contribution in [0.25, 0.3) is 0 Å². The lowest BCUT2D eigenvalue weighted by atomic mass is 9.81. The molecule has 2 atom stereocenters. The third-order valence-corrected chi connectivity index (χ3v) is 4.28. The fraction of sp³-hybridized carbons (Fsp3) is 0.571. The Morgan fingerprint density at radius 1 is 1.21 bits per heavy atom. The van der Waals surface area contributed by atoms with Gasteiger partial charge in [0, 0.05) is 12.1 Å². The fourth-order valence-corrected chi connectivity index (χ4v) is 3.35. The number of piperidine rings is 1. The third kappa shape index (κ3) is 2.25. The van der Waals surface area contributed by atoms with E-state index in [1.54, 1.807) is 0 Å². The molecule has 2 unspecified atom stereocenters. The first-order chi connectivity index (χ1) is 8.98. The highest BCUT2D eigenvalue weighted by molar-refractivity contribution is 5.30. The number of nitrogens with one attached hydrogen (secondary N) is 1. The minimum Gasteiger partial charge on any atom is -0.385 e. The van der Waals surface area contributed by atoms with Crippen molar-refractivity contribution in [3.8, 4) is 0 Å². The van der Waals surface area contributed by atoms with Gasteiger partial charge in [0.15, 0.2) is 0 Å². The van der Waals surface area contributed by atoms with E-state index in [-0.39, 0.29) is 12.1 Å². The molecule has 5 heteroatoms. The molecule has 0 amide bonds. The zero-order valence-corrected chi connectivity index (χ0v) is 10.4. The van der Waals surface area contributed by atoms with Gasteiger partial charge in [-0.15, -0.1) is 0 Å². The molecule has 2 aliphatic rings. The van der Waals surface area contributed by atoms with Gasteiger partial charge in [-0.05, 0) is 37.3 Å². The minimum absolute atomic E-state index is 0.238. The number of benzene rings is 1. The van der Waals surface area contributed by atoms with Crippen LogP contribution in [0.15, 0.2) is 18.2 Å². The molecule has 3 rings (SSSR count). The molecule has 2 fully saturated rings. The van der Waals surface area contributed by atoms with E-state index in [1.165, 1.54) is 6.07 Å². The standard InChI is InChI=1S/C14H16F3NO/c15-12-5-8(1-4-11(12)13(16)17)14(19)6-9-2-3-10(7-14)18-9/h1,4-5,9-10,13,18-19H,2-3,6-7H2. The van der Waals surface area contributed by atoms with Crippen molar-refractivity contribution in [2.75, 3.05) is 0 Å². The van der Waals surface area contributed by atoms with Crippen molar-refractivity contribution in [3.63, 3.8) is 0 Å². The summed E-state index contributed by atoms with van der Waals surface area (Å²) in [6, 6.07) is 4.04. The lowest BCUT2D eigenvalue weighted by Crippen LogP contribution is -2.46. The van der Waals surface area contributed by atoms with Gasteiger partial charge in [-0.2, -0.15) is 0 Å². The van der Waals surface area contributed by atoms with Crippen molar-refractivity contribution in [1.29, 1.82) is 0 Å². The molecule has 2 bridgehead atoms. The minimum atomic E-state index is -2.83. The lowest BCUT2D eigenvalue weighted by Gasteiger charge is -2.37. The van der Waals surface area contributed by atoms with E-state index in [0.29, 0.717) is 18.4 Å². The van der Waals surface area contributed by atoms with Crippen LogP contribution in [0.3, 0.4) is 0 Å². The molecule has 2 aliphatic heterocycles. The highest BCUT2D eigenvalue weighted by Crippen LogP contribution is 2.41. The topological polar surface area (TPSA) is 32.3 Å². The predicted octanol–water partition coefficient (Wildman–Crippen LogP) is 2.87. The number of hydrogen-bond acceptors (Lipinski definition) is 2. The quantitative estimate of drug-likeness (QED) is 0.867. The molecule has 0 aliphatic carbocycles. The van der Waals surface area contributed by atoms with Gasteiger partial charge in [-0.25, -0.2) is 13.2 Å². The second-order valence-corrected chi connectivity index (χ2v) is 5.61. The van der Waals surface area contributed by atoms with Crippen LogP contribution >= 0.6 is 0 Å². The van der Waals surface area contributed by atoms with Gasteiger partial charge in [-0.3, -0.25) is 0 Å². The molecule has 0 spiro atoms. The van der Waals surface area contributed by atoms with Gasteiger partial charge >= 0.3 is 0 Å². The molecule has 0 radical (unpaired) electrons. The van der Waals surface area contributed by atoms with Crippen LogP contribution < -0.4 is 5.32 Å². The number of alkyl halides is 2. The Hall–Kier alpha value is -1.07. The first kappa shape index (κ1) is 12.9. The SMILES string of the molecule is OC1(c2ccc(C(F)F)c(F)c2)CC2CCC(C1)N2. The Morgan fingerprint density at radius 3 is 2.37 bits per heavy atom. The molecule has 2 N–H and O–H groups in total. The lowest BCUT2D eigenvalue weighted by molar-refractivity contribution is -0.0118. The van der Waals surface area contributed by atoms with Gasteiger partial charge < -0.3 is 10.4 Å². The number of fused-ring (bicyclic) bond motifs is 2. The molecule has 0 aromatic heterocycles. The van der Waals surface area contributed by atoms with Crippen molar-refractivity contribution in [2.45, 2.75) is 49.8 Å². The first-order valence-corrected chi connectivity index (χ1v) is 6.54. The zero-order valence-electron chi connectivity index (χ0n) is 10.4. The summed E-state index contributed by atoms with van der Waals surface area (Å²) in [7, 11) is 0. The van der Waals surface area contributed by atoms with Crippen molar-refractivity contribution in [2.24, 2.45) is 0 Å². The second kappa shape index (κ2) is 4.49. The summed E-state index contributed by atoms with van der Waals surface area (Å²) < 4.78 is 38.7. The van der Waals surface area contributed by atoms with Crippen LogP contribution in [0.2, 0.25) is 0 Å². The maximum absolute atomic E-state index is 13.6. The van der Waals surface area contributed by atoms with Crippen LogP contribution in [0.4, 0.5) is 13.2 Å². The monoisotopic (exact) mass is 271 g/mol. The van der Waals surface area contributed by atoms with Crippen molar-refractivity contribution in [1.82, 2.24) is 5.32 Å². The Labute approximate surface area is 109 Å². The Balaban J connectivity index is 1.91. The molecule has 104 valence electrons. The number of hydrogen-bond donors (Lipinski definition) is 2. The van der Waals surface area contributed by atoms with Crippen LogP contribution in [-0.4, -0.2) is 17.2 Å². The molecule has 2 nitrogen and oxygen atoms in total. The number of rotatable bonds is 2. The van der Waals surface area contributed by atoms with Gasteiger partial charge in [0.1, 0.15) is 5.82 Å². The van der Waals surface area contributed by atoms with E-state index < -0.39 is 23.4 Å². The van der Waals surface area contributed by atoms with E-state index >= 15 is 0 Å². The number of aliphatic hydroxyl groups is 1. The van der Waals surface area contributed by atoms with Crippen molar-refractivity contribution >= 4 is 0 Å². The largest absolute Gasteiger partial charge is 0.385 e. The summed E-state index contributed by atoms with van der Waals surface area (Å²) in [4.78, 5) is 0. The second-order valence-electron chi connectivity index (χ2n) is 5.61. The summed E-state index contributed by atoms with van der Waals surface area (Å²) in [6.07, 6.45) is 0.205. The van der Waals surface area contributed by atoms with Gasteiger partial charge in [0.2, 0.25) is 0 Å². The fourth-order valence-electron chi connectivity index (χ4n) is 3.35. The molecule has 1 aromatic rings. The van der Waals surface area contributed by atoms with Crippen LogP contribution in [-0.2, 0) is 5.60 Å². The van der Waals surface area contributed by atoms with Gasteiger partial charge in [0.05, 0.1) is 11.2 Å². The van der Waals surface area contributed by atoms with E-state index in [2.05, 4.69) is 5.32 Å². The highest BCUT2D eigenvalue weighted by Gasteiger charge is 2.43. The summed E-state index contributed by atoms with van der Waals surface area (Å²) >= 11 is 0. The summed E-state index contributed by atoms with van der Waals surface area (Å²) in [5.74, 6) is -0.938. The molecule has 1 aromatic carbocycles. The highest BCUT2D eigenvalue weighted by atomic mass is 19.3. The smallest absolute Gasteiger partial charge is 0.266 e. The average Bonchev–Trinajstić information content (AvgIpc) is 2.68. The molecule has 2 saturated heterocycles. The summed E-state index contributed by atoms with van der Waals surface area (Å²) in [5, 5.41) is 14.1. The summed E-state index contributed by atoms with van der Waals surface area (Å²) in [5.41, 5.74) is -1.30. The maximum Gasteiger partial charge on any atom is 0.266 e. The molecular formula is C14H16F3NO. The zero-order chi connectivity index (χ0) is 13.6. The molecule has 2 heterocycles.